The minimum atomic E-state index is -0.710. The van der Waals surface area contributed by atoms with Gasteiger partial charge in [-0.25, -0.2) is 0 Å². The molecule has 108 valence electrons. The van der Waals surface area contributed by atoms with Crippen molar-refractivity contribution in [2.24, 2.45) is 0 Å². The number of nitrogens with two attached hydrogens (primary N) is 1. The zero-order valence-electron chi connectivity index (χ0n) is 10.9. The number of amides is 3. The van der Waals surface area contributed by atoms with Crippen LogP contribution in [0.5, 0.6) is 0 Å². The summed E-state index contributed by atoms with van der Waals surface area (Å²) in [6.07, 6.45) is 3.75. The van der Waals surface area contributed by atoms with Gasteiger partial charge in [0.1, 0.15) is 10.9 Å². The number of imide groups is 1. The molecule has 8 heteroatoms. The van der Waals surface area contributed by atoms with Crippen LogP contribution in [0, 0.1) is 0 Å². The van der Waals surface area contributed by atoms with Crippen molar-refractivity contribution in [3.63, 3.8) is 0 Å². The third kappa shape index (κ3) is 2.45. The van der Waals surface area contributed by atoms with Crippen LogP contribution in [0.4, 0.5) is 5.69 Å². The van der Waals surface area contributed by atoms with Gasteiger partial charge in [0.15, 0.2) is 0 Å². The summed E-state index contributed by atoms with van der Waals surface area (Å²) in [5.74, 6) is -1.22. The molecule has 3 heterocycles. The van der Waals surface area contributed by atoms with Crippen LogP contribution in [-0.2, 0) is 9.59 Å². The Morgan fingerprint density at radius 2 is 2.29 bits per heavy atom. The van der Waals surface area contributed by atoms with Gasteiger partial charge < -0.3 is 11.1 Å². The Balaban J connectivity index is 1.82. The van der Waals surface area contributed by atoms with Gasteiger partial charge in [-0.3, -0.25) is 24.7 Å². The maximum Gasteiger partial charge on any atom is 0.264 e. The van der Waals surface area contributed by atoms with Gasteiger partial charge in [-0.1, -0.05) is 0 Å². The van der Waals surface area contributed by atoms with Crippen LogP contribution < -0.4 is 16.4 Å². The molecule has 2 aromatic rings. The predicted molar refractivity (Wildman–Crippen MR) is 77.7 cm³/mol. The zero-order chi connectivity index (χ0) is 15.0. The van der Waals surface area contributed by atoms with Crippen molar-refractivity contribution in [3.05, 3.63) is 23.3 Å². The normalized spacial score (nSPS) is 18.6. The predicted octanol–water partition coefficient (Wildman–Crippen LogP) is 0.413. The van der Waals surface area contributed by atoms with Gasteiger partial charge in [-0.05, 0) is 12.5 Å². The number of thiophene rings is 1. The number of nitrogen functional groups attached to an aromatic ring is 1. The summed E-state index contributed by atoms with van der Waals surface area (Å²) in [6.45, 7) is 0. The Kier molecular flexibility index (Phi) is 3.30. The summed E-state index contributed by atoms with van der Waals surface area (Å²) in [4.78, 5) is 39.3. The molecule has 0 aromatic carbocycles. The van der Waals surface area contributed by atoms with Crippen molar-refractivity contribution in [1.29, 1.82) is 0 Å². The third-order valence-corrected chi connectivity index (χ3v) is 4.44. The minimum absolute atomic E-state index is 0.211. The van der Waals surface area contributed by atoms with Crippen LogP contribution in [0.2, 0.25) is 0 Å². The third-order valence-electron chi connectivity index (χ3n) is 3.28. The molecule has 1 fully saturated rings. The summed E-state index contributed by atoms with van der Waals surface area (Å²) in [5.41, 5.74) is 6.35. The van der Waals surface area contributed by atoms with E-state index in [0.717, 1.165) is 10.1 Å². The quantitative estimate of drug-likeness (QED) is 0.695. The number of hydrogen-bond acceptors (Lipinski definition) is 6. The van der Waals surface area contributed by atoms with E-state index in [4.69, 9.17) is 5.73 Å². The summed E-state index contributed by atoms with van der Waals surface area (Å²) in [5, 5.41) is 5.58. The monoisotopic (exact) mass is 304 g/mol. The minimum Gasteiger partial charge on any atom is -0.397 e. The molecule has 1 saturated heterocycles. The topological polar surface area (TPSA) is 114 Å². The van der Waals surface area contributed by atoms with Gasteiger partial charge in [0.05, 0.1) is 10.4 Å². The lowest BCUT2D eigenvalue weighted by atomic mass is 10.1. The van der Waals surface area contributed by atoms with Crippen molar-refractivity contribution in [3.8, 4) is 0 Å². The summed E-state index contributed by atoms with van der Waals surface area (Å²) in [7, 11) is 0. The second kappa shape index (κ2) is 5.13. The molecule has 1 aliphatic heterocycles. The van der Waals surface area contributed by atoms with Gasteiger partial charge in [0.2, 0.25) is 11.8 Å². The van der Waals surface area contributed by atoms with E-state index in [-0.39, 0.29) is 12.3 Å². The number of fused-ring (bicyclic) bond motifs is 1. The average Bonchev–Trinajstić information content (AvgIpc) is 2.80. The van der Waals surface area contributed by atoms with Crippen LogP contribution >= 0.6 is 11.3 Å². The summed E-state index contributed by atoms with van der Waals surface area (Å²) < 4.78 is 0.809. The van der Waals surface area contributed by atoms with E-state index in [2.05, 4.69) is 15.6 Å². The molecule has 4 N–H and O–H groups in total. The van der Waals surface area contributed by atoms with E-state index >= 15 is 0 Å². The number of hydrogen-bond donors (Lipinski definition) is 3. The first-order chi connectivity index (χ1) is 10.1. The Morgan fingerprint density at radius 3 is 3.00 bits per heavy atom. The van der Waals surface area contributed by atoms with Gasteiger partial charge in [-0.15, -0.1) is 11.3 Å². The lowest BCUT2D eigenvalue weighted by molar-refractivity contribution is -0.134. The standard InChI is InChI=1S/C13H12N4O3S/c14-10-6-3-4-15-5-8(6)21-11(10)13(20)16-7-1-2-9(18)17-12(7)19/h3-5,7H,1-2,14H2,(H,16,20)(H,17,18,19). The van der Waals surface area contributed by atoms with Crippen LogP contribution in [-0.4, -0.2) is 28.7 Å². The van der Waals surface area contributed by atoms with E-state index in [1.807, 2.05) is 0 Å². The molecule has 0 spiro atoms. The van der Waals surface area contributed by atoms with Crippen molar-refractivity contribution in [2.75, 3.05) is 5.73 Å². The Bertz CT molecular complexity index is 755. The molecular weight excluding hydrogens is 292 g/mol. The number of carbonyl (C=O) groups excluding carboxylic acids is 3. The first-order valence-corrected chi connectivity index (χ1v) is 7.14. The maximum absolute atomic E-state index is 12.3. The number of carbonyl (C=O) groups is 3. The van der Waals surface area contributed by atoms with E-state index in [9.17, 15) is 14.4 Å². The highest BCUT2D eigenvalue weighted by molar-refractivity contribution is 7.21. The largest absolute Gasteiger partial charge is 0.397 e. The maximum atomic E-state index is 12.3. The lowest BCUT2D eigenvalue weighted by Gasteiger charge is -2.21. The molecule has 0 aliphatic carbocycles. The second-order valence-corrected chi connectivity index (χ2v) is 5.75. The smallest absolute Gasteiger partial charge is 0.264 e. The zero-order valence-corrected chi connectivity index (χ0v) is 11.7. The fourth-order valence-electron chi connectivity index (χ4n) is 2.19. The highest BCUT2D eigenvalue weighted by Gasteiger charge is 2.29. The van der Waals surface area contributed by atoms with Crippen molar-refractivity contribution < 1.29 is 14.4 Å². The first kappa shape index (κ1) is 13.5. The van der Waals surface area contributed by atoms with Crippen LogP contribution in [0.3, 0.4) is 0 Å². The summed E-state index contributed by atoms with van der Waals surface area (Å²) in [6, 6.07) is 1.03. The number of anilines is 1. The van der Waals surface area contributed by atoms with Gasteiger partial charge >= 0.3 is 0 Å². The van der Waals surface area contributed by atoms with Gasteiger partial charge in [-0.2, -0.15) is 0 Å². The number of nitrogens with one attached hydrogen (secondary N) is 2. The Morgan fingerprint density at radius 1 is 1.48 bits per heavy atom. The molecule has 7 nitrogen and oxygen atoms in total. The average molecular weight is 304 g/mol. The molecule has 0 saturated carbocycles. The second-order valence-electron chi connectivity index (χ2n) is 4.69. The summed E-state index contributed by atoms with van der Waals surface area (Å²) >= 11 is 1.22. The van der Waals surface area contributed by atoms with E-state index in [0.29, 0.717) is 17.0 Å². The molecule has 1 atom stereocenters. The highest BCUT2D eigenvalue weighted by Crippen LogP contribution is 2.32. The van der Waals surface area contributed by atoms with Gasteiger partial charge in [0, 0.05) is 24.2 Å². The van der Waals surface area contributed by atoms with E-state index < -0.39 is 17.9 Å². The molecule has 2 aromatic heterocycles. The van der Waals surface area contributed by atoms with Crippen LogP contribution in [0.1, 0.15) is 22.5 Å². The molecule has 1 unspecified atom stereocenters. The lowest BCUT2D eigenvalue weighted by Crippen LogP contribution is -2.52. The number of piperidine rings is 1. The molecule has 0 bridgehead atoms. The fraction of sp³-hybridized carbons (Fsp3) is 0.231. The highest BCUT2D eigenvalue weighted by atomic mass is 32.1. The molecular formula is C13H12N4O3S. The number of pyridine rings is 1. The molecule has 1 aliphatic rings. The number of rotatable bonds is 2. The van der Waals surface area contributed by atoms with Crippen molar-refractivity contribution in [1.82, 2.24) is 15.6 Å². The van der Waals surface area contributed by atoms with Gasteiger partial charge in [0.25, 0.3) is 5.91 Å². The van der Waals surface area contributed by atoms with Crippen molar-refractivity contribution in [2.45, 2.75) is 18.9 Å². The fourth-order valence-corrected chi connectivity index (χ4v) is 3.19. The number of nitrogens with zero attached hydrogens (tertiary/aromatic N) is 1. The SMILES string of the molecule is Nc1c(C(=O)NC2CCC(=O)NC2=O)sc2cnccc12. The number of aromatic nitrogens is 1. The van der Waals surface area contributed by atoms with E-state index in [1.54, 1.807) is 18.5 Å². The first-order valence-electron chi connectivity index (χ1n) is 6.33. The Hall–Kier alpha value is -2.48. The van der Waals surface area contributed by atoms with Crippen LogP contribution in [0.25, 0.3) is 10.1 Å². The van der Waals surface area contributed by atoms with Crippen LogP contribution in [0.15, 0.2) is 18.5 Å². The molecule has 0 radical (unpaired) electrons. The molecule has 3 rings (SSSR count). The molecule has 3 amide bonds. The Labute approximate surface area is 123 Å². The van der Waals surface area contributed by atoms with E-state index in [1.165, 1.54) is 11.3 Å². The van der Waals surface area contributed by atoms with Crippen molar-refractivity contribution >= 4 is 44.8 Å². The molecule has 21 heavy (non-hydrogen) atoms.